The lowest BCUT2D eigenvalue weighted by Gasteiger charge is -2.57. The van der Waals surface area contributed by atoms with Gasteiger partial charge in [0.05, 0.1) is 10.8 Å². The Balaban J connectivity index is 1.38. The van der Waals surface area contributed by atoms with Gasteiger partial charge in [0.1, 0.15) is 0 Å². The highest BCUT2D eigenvalue weighted by Crippen LogP contribution is 2.66. The molecule has 0 aliphatic heterocycles. The molecule has 0 spiro atoms. The molecule has 0 aromatic heterocycles. The summed E-state index contributed by atoms with van der Waals surface area (Å²) in [6.45, 7) is 0. The van der Waals surface area contributed by atoms with Crippen LogP contribution in [-0.4, -0.2) is 10.2 Å². The van der Waals surface area contributed by atoms with E-state index in [4.69, 9.17) is 0 Å². The number of rotatable bonds is 5. The van der Waals surface area contributed by atoms with Crippen LogP contribution >= 0.6 is 0 Å². The number of hydrogen-bond donors (Lipinski definition) is 2. The fourth-order valence-electron chi connectivity index (χ4n) is 10.6. The van der Waals surface area contributed by atoms with E-state index in [1.54, 1.807) is 0 Å². The van der Waals surface area contributed by atoms with Crippen LogP contribution in [0.25, 0.3) is 0 Å². The second-order valence-electron chi connectivity index (χ2n) is 15.2. The molecule has 0 radical (unpaired) electrons. The lowest BCUT2D eigenvalue weighted by molar-refractivity contribution is -0.119. The number of hydrogen-bond acceptors (Lipinski definition) is 2. The Bertz CT molecular complexity index is 2570. The minimum atomic E-state index is -1.94. The Hall–Kier alpha value is -6.32. The smallest absolute Gasteiger partial charge is 0.152 e. The van der Waals surface area contributed by atoms with Crippen LogP contribution in [-0.2, 0) is 22.0 Å². The molecule has 0 saturated heterocycles. The van der Waals surface area contributed by atoms with Gasteiger partial charge < -0.3 is 10.2 Å². The first-order valence-electron chi connectivity index (χ1n) is 19.6. The summed E-state index contributed by atoms with van der Waals surface area (Å²) < 4.78 is 0. The second-order valence-corrected chi connectivity index (χ2v) is 15.2. The van der Waals surface area contributed by atoms with Gasteiger partial charge in [-0.05, 0) is 79.6 Å². The van der Waals surface area contributed by atoms with Crippen molar-refractivity contribution in [2.45, 2.75) is 34.9 Å². The van der Waals surface area contributed by atoms with E-state index in [2.05, 4.69) is 176 Å². The van der Waals surface area contributed by atoms with Gasteiger partial charge in [0.2, 0.25) is 0 Å². The summed E-state index contributed by atoms with van der Waals surface area (Å²) >= 11 is 0. The predicted octanol–water partition coefficient (Wildman–Crippen LogP) is 11.1. The van der Waals surface area contributed by atoms with E-state index in [1.807, 2.05) is 42.5 Å². The molecule has 1 atom stereocenters. The topological polar surface area (TPSA) is 40.5 Å². The fraction of sp³-hybridized carbons (Fsp3) is 0.111. The van der Waals surface area contributed by atoms with Crippen LogP contribution in [0.15, 0.2) is 235 Å². The van der Waals surface area contributed by atoms with Gasteiger partial charge in [-0.2, -0.15) is 0 Å². The number of aliphatic hydroxyl groups is 2. The van der Waals surface area contributed by atoms with Crippen molar-refractivity contribution in [2.75, 3.05) is 0 Å². The molecule has 4 aliphatic carbocycles. The van der Waals surface area contributed by atoms with Crippen LogP contribution in [0, 0.1) is 0 Å². The summed E-state index contributed by atoms with van der Waals surface area (Å²) in [5.41, 5.74) is 5.54. The van der Waals surface area contributed by atoms with Crippen LogP contribution in [0.2, 0.25) is 0 Å². The summed E-state index contributed by atoms with van der Waals surface area (Å²) in [6, 6.07) is 56.7. The lowest BCUT2D eigenvalue weighted by atomic mass is 9.48. The summed E-state index contributed by atoms with van der Waals surface area (Å²) in [6.07, 6.45) is 20.7. The highest BCUT2D eigenvalue weighted by Gasteiger charge is 2.65. The zero-order valence-corrected chi connectivity index (χ0v) is 31.1. The van der Waals surface area contributed by atoms with Gasteiger partial charge in [0.25, 0.3) is 0 Å². The zero-order valence-electron chi connectivity index (χ0n) is 31.1. The van der Waals surface area contributed by atoms with Crippen molar-refractivity contribution in [1.82, 2.24) is 0 Å². The minimum absolute atomic E-state index is 0.570. The monoisotopic (exact) mass is 722 g/mol. The molecule has 1 unspecified atom stereocenters. The Morgan fingerprint density at radius 3 is 1.36 bits per heavy atom. The minimum Gasteiger partial charge on any atom is -0.377 e. The summed E-state index contributed by atoms with van der Waals surface area (Å²) in [4.78, 5) is 0. The highest BCUT2D eigenvalue weighted by atomic mass is 16.4. The average Bonchev–Trinajstić information content (AvgIpc) is 3.71. The van der Waals surface area contributed by atoms with Crippen LogP contribution in [0.3, 0.4) is 0 Å². The van der Waals surface area contributed by atoms with Gasteiger partial charge in [-0.15, -0.1) is 0 Å². The Morgan fingerprint density at radius 1 is 0.375 bits per heavy atom. The average molecular weight is 723 g/mol. The van der Waals surface area contributed by atoms with Gasteiger partial charge in [-0.25, -0.2) is 0 Å². The first kappa shape index (κ1) is 34.2. The van der Waals surface area contributed by atoms with Crippen LogP contribution in [0.5, 0.6) is 0 Å². The molecule has 0 bridgehead atoms. The Kier molecular flexibility index (Phi) is 8.04. The maximum absolute atomic E-state index is 14.5. The fourth-order valence-corrected chi connectivity index (χ4v) is 10.6. The second kappa shape index (κ2) is 13.2. The van der Waals surface area contributed by atoms with Gasteiger partial charge in [-0.1, -0.05) is 218 Å². The van der Waals surface area contributed by atoms with Crippen molar-refractivity contribution < 1.29 is 10.2 Å². The summed E-state index contributed by atoms with van der Waals surface area (Å²) in [7, 11) is 0. The predicted molar refractivity (Wildman–Crippen MR) is 226 cm³/mol. The molecule has 0 fully saturated rings. The Labute approximate surface area is 329 Å². The first-order valence-corrected chi connectivity index (χ1v) is 19.6. The van der Waals surface area contributed by atoms with Crippen LogP contribution in [0.4, 0.5) is 0 Å². The van der Waals surface area contributed by atoms with E-state index < -0.39 is 22.0 Å². The molecular formula is C54H42O2. The standard InChI is InChI=1S/C54H42O2/c55-53(47-35-16-6-15-31-43(47)51(40-25-9-3-10-26-40,41-27-11-4-12-28-41)44-32-17-20-36-48(44)53)54(56)49-37-21-18-33-45(49)52(42-29-13-5-14-30-42,39-23-7-1-2-8-24-39)46-34-19-22-38-50(46)54/h1,3-30,32-38,55-56H,2,31H2. The van der Waals surface area contributed by atoms with Crippen molar-refractivity contribution in [2.24, 2.45) is 0 Å². The van der Waals surface area contributed by atoms with Crippen molar-refractivity contribution in [1.29, 1.82) is 0 Å². The van der Waals surface area contributed by atoms with Crippen molar-refractivity contribution >= 4 is 0 Å². The van der Waals surface area contributed by atoms with E-state index in [1.165, 1.54) is 0 Å². The SMILES string of the molecule is OC1(C2(O)c3ccccc3C(C3=CC=CCC=C3)(c3ccccc3)c3ccccc32)C2=C(CC=CC=C2)C(c2ccccc2)(c2ccccc2)c2ccccc21. The Morgan fingerprint density at radius 2 is 0.821 bits per heavy atom. The summed E-state index contributed by atoms with van der Waals surface area (Å²) in [5.74, 6) is 0. The molecule has 2 heteroatoms. The number of fused-ring (bicyclic) bond motifs is 3. The van der Waals surface area contributed by atoms with E-state index in [0.29, 0.717) is 28.7 Å². The van der Waals surface area contributed by atoms with Gasteiger partial charge in [0, 0.05) is 0 Å². The zero-order chi connectivity index (χ0) is 37.8. The molecule has 2 nitrogen and oxygen atoms in total. The van der Waals surface area contributed by atoms with E-state index in [-0.39, 0.29) is 0 Å². The van der Waals surface area contributed by atoms with Gasteiger partial charge in [0.15, 0.2) is 11.2 Å². The van der Waals surface area contributed by atoms with E-state index in [0.717, 1.165) is 50.9 Å². The molecule has 56 heavy (non-hydrogen) atoms. The quantitative estimate of drug-likeness (QED) is 0.186. The molecule has 6 aromatic carbocycles. The van der Waals surface area contributed by atoms with Crippen LogP contribution < -0.4 is 0 Å². The maximum Gasteiger partial charge on any atom is 0.152 e. The summed E-state index contributed by atoms with van der Waals surface area (Å²) in [5, 5.41) is 29.0. The highest BCUT2D eigenvalue weighted by molar-refractivity contribution is 5.76. The largest absolute Gasteiger partial charge is 0.377 e. The molecule has 0 amide bonds. The van der Waals surface area contributed by atoms with Crippen molar-refractivity contribution in [3.05, 3.63) is 285 Å². The molecule has 4 aliphatic rings. The molecule has 270 valence electrons. The maximum atomic E-state index is 14.5. The lowest BCUT2D eigenvalue weighted by Crippen LogP contribution is -2.59. The van der Waals surface area contributed by atoms with Gasteiger partial charge >= 0.3 is 0 Å². The first-order chi connectivity index (χ1) is 27.6. The van der Waals surface area contributed by atoms with E-state index in [9.17, 15) is 10.2 Å². The van der Waals surface area contributed by atoms with Gasteiger partial charge in [-0.3, -0.25) is 0 Å². The molecule has 0 heterocycles. The van der Waals surface area contributed by atoms with Crippen molar-refractivity contribution in [3.63, 3.8) is 0 Å². The van der Waals surface area contributed by atoms with Crippen LogP contribution in [0.1, 0.15) is 62.9 Å². The molecule has 2 N–H and O–H groups in total. The normalized spacial score (nSPS) is 24.2. The third-order valence-corrected chi connectivity index (χ3v) is 12.7. The third kappa shape index (κ3) is 4.46. The third-order valence-electron chi connectivity index (χ3n) is 12.7. The van der Waals surface area contributed by atoms with E-state index >= 15 is 0 Å². The molecule has 6 aromatic rings. The molecule has 0 saturated carbocycles. The molecular weight excluding hydrogens is 681 g/mol. The molecule has 10 rings (SSSR count). The number of allylic oxidation sites excluding steroid dienone is 10. The van der Waals surface area contributed by atoms with Crippen molar-refractivity contribution in [3.8, 4) is 0 Å². The number of benzene rings is 6.